The highest BCUT2D eigenvalue weighted by atomic mass is 35.5. The van der Waals surface area contributed by atoms with Crippen molar-refractivity contribution in [2.45, 2.75) is 26.1 Å². The molecule has 2 atom stereocenters. The topological polar surface area (TPSA) is 146 Å². The quantitative estimate of drug-likeness (QED) is 0.212. The van der Waals surface area contributed by atoms with Crippen molar-refractivity contribution in [3.63, 3.8) is 0 Å². The molecule has 0 radical (unpaired) electrons. The Morgan fingerprint density at radius 2 is 1.85 bits per heavy atom. The Labute approximate surface area is 240 Å². The molecule has 2 N–H and O–H groups in total. The molecule has 0 unspecified atom stereocenters. The third-order valence-corrected chi connectivity index (χ3v) is 7.24. The van der Waals surface area contributed by atoms with Gasteiger partial charge in [0.1, 0.15) is 22.9 Å². The van der Waals surface area contributed by atoms with Crippen LogP contribution in [-0.2, 0) is 4.74 Å². The lowest BCUT2D eigenvalue weighted by Crippen LogP contribution is -2.32. The van der Waals surface area contributed by atoms with Gasteiger partial charge in [0, 0.05) is 22.7 Å². The molecule has 5 rings (SSSR count). The minimum atomic E-state index is -1.19. The minimum Gasteiger partial charge on any atom is -0.484 e. The number of nitrogens with zero attached hydrogens (tertiary/aromatic N) is 4. The number of anilines is 1. The Hall–Kier alpha value is -4.62. The number of thiazole rings is 1. The summed E-state index contributed by atoms with van der Waals surface area (Å²) in [5.41, 5.74) is 2.24. The first-order chi connectivity index (χ1) is 19.6. The number of benzene rings is 2. The first kappa shape index (κ1) is 27.9. The summed E-state index contributed by atoms with van der Waals surface area (Å²) in [6, 6.07) is 8.82. The molecular formula is C27H21ClFN5O6S. The predicted molar refractivity (Wildman–Crippen MR) is 151 cm³/mol. The molecule has 1 amide bonds. The SMILES string of the molecule is COc1cnc2c(-c3nc4cc(F)c(O[C@@H](C)[C@@H](C)OC(=O)Nc5ccc(C(=O)O)nc5)cc4s3)cc(Cl)cc2n1. The van der Waals surface area contributed by atoms with Crippen LogP contribution in [0.1, 0.15) is 24.3 Å². The molecule has 0 spiro atoms. The van der Waals surface area contributed by atoms with Crippen molar-refractivity contribution >= 4 is 61.9 Å². The maximum Gasteiger partial charge on any atom is 0.412 e. The van der Waals surface area contributed by atoms with Gasteiger partial charge >= 0.3 is 12.1 Å². The Morgan fingerprint density at radius 3 is 2.56 bits per heavy atom. The van der Waals surface area contributed by atoms with Gasteiger partial charge in [-0.15, -0.1) is 11.3 Å². The predicted octanol–water partition coefficient (Wildman–Crippen LogP) is 6.21. The van der Waals surface area contributed by atoms with Crippen molar-refractivity contribution in [1.29, 1.82) is 0 Å². The van der Waals surface area contributed by atoms with Crippen LogP contribution >= 0.6 is 22.9 Å². The summed E-state index contributed by atoms with van der Waals surface area (Å²) >= 11 is 7.63. The fourth-order valence-electron chi connectivity index (χ4n) is 3.77. The van der Waals surface area contributed by atoms with Gasteiger partial charge in [0.25, 0.3) is 0 Å². The zero-order valence-corrected chi connectivity index (χ0v) is 23.3. The molecule has 5 aromatic rings. The number of methoxy groups -OCH3 is 1. The molecule has 41 heavy (non-hydrogen) atoms. The fraction of sp³-hybridized carbons (Fsp3) is 0.185. The molecule has 0 saturated carbocycles. The molecule has 0 fully saturated rings. The van der Waals surface area contributed by atoms with E-state index in [-0.39, 0.29) is 17.1 Å². The van der Waals surface area contributed by atoms with Crippen LogP contribution in [-0.4, -0.2) is 56.4 Å². The summed E-state index contributed by atoms with van der Waals surface area (Å²) in [5, 5.41) is 12.4. The molecule has 2 aromatic carbocycles. The molecule has 0 aliphatic rings. The van der Waals surface area contributed by atoms with Crippen LogP contribution in [0.3, 0.4) is 0 Å². The summed E-state index contributed by atoms with van der Waals surface area (Å²) in [6.07, 6.45) is 0.376. The van der Waals surface area contributed by atoms with Gasteiger partial charge in [-0.3, -0.25) is 5.32 Å². The van der Waals surface area contributed by atoms with Crippen LogP contribution in [0.5, 0.6) is 11.6 Å². The molecule has 0 bridgehead atoms. The van der Waals surface area contributed by atoms with E-state index in [0.717, 1.165) is 0 Å². The monoisotopic (exact) mass is 597 g/mol. The molecule has 14 heteroatoms. The standard InChI is InChI=1S/C27H21ClFN5O6S/c1-12(13(2)40-27(37)32-15-4-5-18(26(35)36)30-10-15)39-21-9-22-19(8-17(21)29)34-25(41-22)16-6-14(28)7-20-24(16)31-11-23(33-20)38-3/h4-13H,1-3H3,(H,32,37)(H,35,36)/t12-,13+/m0/s1. The van der Waals surface area contributed by atoms with Crippen molar-refractivity contribution in [3.05, 3.63) is 65.3 Å². The van der Waals surface area contributed by atoms with Crippen molar-refractivity contribution in [2.75, 3.05) is 12.4 Å². The summed E-state index contributed by atoms with van der Waals surface area (Å²) in [6.45, 7) is 3.23. The number of aromatic carboxylic acids is 1. The molecule has 3 aromatic heterocycles. The van der Waals surface area contributed by atoms with Crippen LogP contribution in [0, 0.1) is 5.82 Å². The highest BCUT2D eigenvalue weighted by Gasteiger charge is 2.22. The van der Waals surface area contributed by atoms with Crippen molar-refractivity contribution < 1.29 is 33.3 Å². The second kappa shape index (κ2) is 11.5. The van der Waals surface area contributed by atoms with Crippen LogP contribution < -0.4 is 14.8 Å². The summed E-state index contributed by atoms with van der Waals surface area (Å²) < 4.78 is 32.0. The van der Waals surface area contributed by atoms with Crippen LogP contribution in [0.4, 0.5) is 14.9 Å². The molecule has 210 valence electrons. The highest BCUT2D eigenvalue weighted by Crippen LogP contribution is 2.38. The number of pyridine rings is 1. The highest BCUT2D eigenvalue weighted by molar-refractivity contribution is 7.21. The number of hydrogen-bond acceptors (Lipinski definition) is 10. The average molecular weight is 598 g/mol. The Balaban J connectivity index is 1.31. The van der Waals surface area contributed by atoms with Gasteiger partial charge in [-0.2, -0.15) is 0 Å². The van der Waals surface area contributed by atoms with E-state index in [2.05, 4.69) is 25.3 Å². The van der Waals surface area contributed by atoms with E-state index in [1.54, 1.807) is 26.0 Å². The zero-order chi connectivity index (χ0) is 29.3. The number of fused-ring (bicyclic) bond motifs is 2. The maximum absolute atomic E-state index is 15.0. The lowest BCUT2D eigenvalue weighted by molar-refractivity contribution is 0.0402. The van der Waals surface area contributed by atoms with Crippen molar-refractivity contribution in [3.8, 4) is 22.2 Å². The van der Waals surface area contributed by atoms with E-state index < -0.39 is 30.1 Å². The molecule has 3 heterocycles. The molecule has 11 nitrogen and oxygen atoms in total. The van der Waals surface area contributed by atoms with E-state index >= 15 is 4.39 Å². The van der Waals surface area contributed by atoms with Gasteiger partial charge in [0.2, 0.25) is 5.88 Å². The van der Waals surface area contributed by atoms with Gasteiger partial charge in [-0.25, -0.2) is 33.9 Å². The normalized spacial score (nSPS) is 12.6. The zero-order valence-electron chi connectivity index (χ0n) is 21.7. The fourth-order valence-corrected chi connectivity index (χ4v) is 4.98. The number of ether oxygens (including phenoxy) is 3. The Kier molecular flexibility index (Phi) is 7.81. The maximum atomic E-state index is 15.0. The Morgan fingerprint density at radius 1 is 1.05 bits per heavy atom. The van der Waals surface area contributed by atoms with Gasteiger partial charge in [-0.1, -0.05) is 11.6 Å². The number of carboxylic acids is 1. The minimum absolute atomic E-state index is 0.0370. The number of hydrogen-bond donors (Lipinski definition) is 2. The van der Waals surface area contributed by atoms with Crippen molar-refractivity contribution in [2.24, 2.45) is 0 Å². The van der Waals surface area contributed by atoms with Gasteiger partial charge in [-0.05, 0) is 38.1 Å². The van der Waals surface area contributed by atoms with E-state index in [9.17, 15) is 9.59 Å². The number of amides is 1. The third-order valence-electron chi connectivity index (χ3n) is 5.97. The lowest BCUT2D eigenvalue weighted by Gasteiger charge is -2.22. The first-order valence-electron chi connectivity index (χ1n) is 12.1. The number of carbonyl (C=O) groups excluding carboxylic acids is 1. The summed E-state index contributed by atoms with van der Waals surface area (Å²) in [4.78, 5) is 40.3. The average Bonchev–Trinajstić information content (AvgIpc) is 3.34. The van der Waals surface area contributed by atoms with Gasteiger partial charge in [0.05, 0.1) is 46.4 Å². The van der Waals surface area contributed by atoms with E-state index in [4.69, 9.17) is 30.9 Å². The number of carbonyl (C=O) groups is 2. The van der Waals surface area contributed by atoms with Crippen molar-refractivity contribution in [1.82, 2.24) is 19.9 Å². The summed E-state index contributed by atoms with van der Waals surface area (Å²) in [7, 11) is 1.49. The first-order valence-corrected chi connectivity index (χ1v) is 13.2. The lowest BCUT2D eigenvalue weighted by atomic mass is 10.2. The van der Waals surface area contributed by atoms with Gasteiger partial charge in [0.15, 0.2) is 11.6 Å². The van der Waals surface area contributed by atoms with E-state index in [1.807, 2.05) is 0 Å². The van der Waals surface area contributed by atoms with Crippen LogP contribution in [0.2, 0.25) is 5.02 Å². The van der Waals surface area contributed by atoms with E-state index in [0.29, 0.717) is 42.7 Å². The smallest absolute Gasteiger partial charge is 0.412 e. The molecule has 0 aliphatic heterocycles. The molecule has 0 saturated heterocycles. The third kappa shape index (κ3) is 6.10. The summed E-state index contributed by atoms with van der Waals surface area (Å²) in [5.74, 6) is -1.52. The van der Waals surface area contributed by atoms with E-state index in [1.165, 1.54) is 55.1 Å². The number of aromatic nitrogens is 4. The number of nitrogens with one attached hydrogen (secondary N) is 1. The number of rotatable bonds is 8. The second-order valence-electron chi connectivity index (χ2n) is 8.80. The number of carboxylic acid groups (broad SMARTS) is 1. The molecule has 0 aliphatic carbocycles. The molecular weight excluding hydrogens is 577 g/mol. The van der Waals surface area contributed by atoms with Crippen LogP contribution in [0.15, 0.2) is 48.8 Å². The van der Waals surface area contributed by atoms with Gasteiger partial charge < -0.3 is 19.3 Å². The largest absolute Gasteiger partial charge is 0.484 e. The number of halogens is 2. The van der Waals surface area contributed by atoms with Crippen LogP contribution in [0.25, 0.3) is 31.8 Å². The Bertz CT molecular complexity index is 1780. The second-order valence-corrected chi connectivity index (χ2v) is 10.3.